The van der Waals surface area contributed by atoms with Crippen LogP contribution in [0.1, 0.15) is 30.4 Å². The molecule has 20 heavy (non-hydrogen) atoms. The second-order valence-corrected chi connectivity index (χ2v) is 5.88. The zero-order valence-corrected chi connectivity index (χ0v) is 11.5. The van der Waals surface area contributed by atoms with E-state index in [0.29, 0.717) is 5.69 Å². The highest BCUT2D eigenvalue weighted by atomic mass is 19.4. The van der Waals surface area contributed by atoms with Gasteiger partial charge in [-0.1, -0.05) is 6.07 Å². The fraction of sp³-hybridized carbons (Fsp3) is 0.600. The number of aryl methyl sites for hydroxylation is 1. The van der Waals surface area contributed by atoms with E-state index in [1.807, 2.05) is 6.92 Å². The molecule has 0 spiro atoms. The first-order valence-corrected chi connectivity index (χ1v) is 7.12. The van der Waals surface area contributed by atoms with Gasteiger partial charge in [0.2, 0.25) is 0 Å². The van der Waals surface area contributed by atoms with Crippen LogP contribution >= 0.6 is 0 Å². The van der Waals surface area contributed by atoms with Crippen molar-refractivity contribution in [3.05, 3.63) is 29.3 Å². The predicted molar refractivity (Wildman–Crippen MR) is 72.8 cm³/mol. The smallest absolute Gasteiger partial charge is 0.381 e. The van der Waals surface area contributed by atoms with E-state index >= 15 is 0 Å². The molecule has 110 valence electrons. The molecule has 1 atom stereocenters. The lowest BCUT2D eigenvalue weighted by molar-refractivity contribution is -0.137. The standard InChI is InChI=1S/C15H19F3N2/c1-10-2-3-11(15(16,17)18)8-14(10)19-12-6-7-20(9-12)13-4-5-13/h2-3,8,12-13,19H,4-7,9H2,1H3. The molecular weight excluding hydrogens is 265 g/mol. The Hall–Kier alpha value is -1.23. The second kappa shape index (κ2) is 4.95. The van der Waals surface area contributed by atoms with E-state index in [0.717, 1.165) is 37.2 Å². The monoisotopic (exact) mass is 284 g/mol. The summed E-state index contributed by atoms with van der Waals surface area (Å²) in [4.78, 5) is 2.45. The van der Waals surface area contributed by atoms with Gasteiger partial charge in [0.25, 0.3) is 0 Å². The van der Waals surface area contributed by atoms with Crippen LogP contribution in [0.3, 0.4) is 0 Å². The van der Waals surface area contributed by atoms with Crippen LogP contribution in [0.2, 0.25) is 0 Å². The van der Waals surface area contributed by atoms with Crippen molar-refractivity contribution in [3.63, 3.8) is 0 Å². The number of nitrogens with one attached hydrogen (secondary N) is 1. The lowest BCUT2D eigenvalue weighted by Gasteiger charge is -2.19. The van der Waals surface area contributed by atoms with E-state index in [1.165, 1.54) is 18.9 Å². The molecule has 0 aromatic heterocycles. The molecule has 1 aliphatic carbocycles. The van der Waals surface area contributed by atoms with Crippen LogP contribution in [0.4, 0.5) is 18.9 Å². The molecule has 5 heteroatoms. The number of halogens is 3. The Morgan fingerprint density at radius 1 is 1.20 bits per heavy atom. The third-order valence-electron chi connectivity index (χ3n) is 4.21. The van der Waals surface area contributed by atoms with Crippen molar-refractivity contribution in [2.75, 3.05) is 18.4 Å². The molecule has 0 bridgehead atoms. The number of nitrogens with zero attached hydrogens (tertiary/aromatic N) is 1. The van der Waals surface area contributed by atoms with Crippen molar-refractivity contribution in [1.29, 1.82) is 0 Å². The van der Waals surface area contributed by atoms with E-state index in [1.54, 1.807) is 6.07 Å². The third kappa shape index (κ3) is 2.92. The number of anilines is 1. The Morgan fingerprint density at radius 3 is 2.60 bits per heavy atom. The average Bonchev–Trinajstić information content (AvgIpc) is 3.12. The van der Waals surface area contributed by atoms with Gasteiger partial charge in [-0.15, -0.1) is 0 Å². The summed E-state index contributed by atoms with van der Waals surface area (Å²) >= 11 is 0. The molecule has 1 N–H and O–H groups in total. The average molecular weight is 284 g/mol. The van der Waals surface area contributed by atoms with Crippen molar-refractivity contribution < 1.29 is 13.2 Å². The van der Waals surface area contributed by atoms with Gasteiger partial charge in [0, 0.05) is 30.9 Å². The number of benzene rings is 1. The molecule has 1 aromatic rings. The van der Waals surface area contributed by atoms with Crippen LogP contribution in [-0.2, 0) is 6.18 Å². The molecule has 1 unspecified atom stereocenters. The van der Waals surface area contributed by atoms with Gasteiger partial charge in [0.15, 0.2) is 0 Å². The van der Waals surface area contributed by atoms with Crippen molar-refractivity contribution in [1.82, 2.24) is 4.90 Å². The minimum atomic E-state index is -4.28. The zero-order valence-electron chi connectivity index (χ0n) is 11.5. The van der Waals surface area contributed by atoms with Crippen LogP contribution in [0.15, 0.2) is 18.2 Å². The lowest BCUT2D eigenvalue weighted by atomic mass is 10.1. The van der Waals surface area contributed by atoms with E-state index in [9.17, 15) is 13.2 Å². The second-order valence-electron chi connectivity index (χ2n) is 5.88. The maximum Gasteiger partial charge on any atom is 0.416 e. The van der Waals surface area contributed by atoms with Gasteiger partial charge in [0.1, 0.15) is 0 Å². The summed E-state index contributed by atoms with van der Waals surface area (Å²) in [5, 5.41) is 3.29. The molecule has 0 radical (unpaired) electrons. The molecule has 1 aromatic carbocycles. The summed E-state index contributed by atoms with van der Waals surface area (Å²) in [6.07, 6.45) is -0.726. The van der Waals surface area contributed by atoms with Gasteiger partial charge in [-0.25, -0.2) is 0 Å². The highest BCUT2D eigenvalue weighted by Gasteiger charge is 2.35. The number of hydrogen-bond donors (Lipinski definition) is 1. The molecule has 2 fully saturated rings. The molecule has 1 saturated heterocycles. The fourth-order valence-electron chi connectivity index (χ4n) is 2.85. The lowest BCUT2D eigenvalue weighted by Crippen LogP contribution is -2.28. The number of hydrogen-bond acceptors (Lipinski definition) is 2. The van der Waals surface area contributed by atoms with Crippen LogP contribution < -0.4 is 5.32 Å². The number of alkyl halides is 3. The molecule has 1 saturated carbocycles. The van der Waals surface area contributed by atoms with E-state index in [-0.39, 0.29) is 6.04 Å². The van der Waals surface area contributed by atoms with Gasteiger partial charge in [0.05, 0.1) is 5.56 Å². The summed E-state index contributed by atoms with van der Waals surface area (Å²) in [7, 11) is 0. The first-order chi connectivity index (χ1) is 9.43. The molecule has 1 aliphatic heterocycles. The topological polar surface area (TPSA) is 15.3 Å². The van der Waals surface area contributed by atoms with E-state index < -0.39 is 11.7 Å². The number of likely N-dealkylation sites (tertiary alicyclic amines) is 1. The molecule has 2 nitrogen and oxygen atoms in total. The summed E-state index contributed by atoms with van der Waals surface area (Å²) in [6, 6.07) is 4.90. The van der Waals surface area contributed by atoms with E-state index in [4.69, 9.17) is 0 Å². The van der Waals surface area contributed by atoms with Crippen LogP contribution in [0.5, 0.6) is 0 Å². The van der Waals surface area contributed by atoms with E-state index in [2.05, 4.69) is 10.2 Å². The van der Waals surface area contributed by atoms with Gasteiger partial charge >= 0.3 is 6.18 Å². The maximum absolute atomic E-state index is 12.8. The van der Waals surface area contributed by atoms with Gasteiger partial charge in [-0.05, 0) is 43.9 Å². The largest absolute Gasteiger partial charge is 0.416 e. The zero-order chi connectivity index (χ0) is 14.3. The van der Waals surface area contributed by atoms with Crippen LogP contribution in [-0.4, -0.2) is 30.1 Å². The Bertz CT molecular complexity index is 494. The van der Waals surface area contributed by atoms with Crippen molar-refractivity contribution >= 4 is 5.69 Å². The van der Waals surface area contributed by atoms with Crippen molar-refractivity contribution in [2.24, 2.45) is 0 Å². The molecular formula is C15H19F3N2. The highest BCUT2D eigenvalue weighted by molar-refractivity contribution is 5.54. The predicted octanol–water partition coefficient (Wildman–Crippen LogP) is 3.66. The highest BCUT2D eigenvalue weighted by Crippen LogP contribution is 2.34. The molecule has 1 heterocycles. The normalized spacial score (nSPS) is 24.1. The summed E-state index contributed by atoms with van der Waals surface area (Å²) in [6.45, 7) is 3.84. The molecule has 2 aliphatic rings. The minimum Gasteiger partial charge on any atom is -0.381 e. The maximum atomic E-state index is 12.8. The summed E-state index contributed by atoms with van der Waals surface area (Å²) in [5.41, 5.74) is 0.896. The SMILES string of the molecule is Cc1ccc(C(F)(F)F)cc1NC1CCN(C2CC2)C1. The minimum absolute atomic E-state index is 0.262. The molecule has 3 rings (SSSR count). The molecule has 0 amide bonds. The first-order valence-electron chi connectivity index (χ1n) is 7.12. The summed E-state index contributed by atoms with van der Waals surface area (Å²) in [5.74, 6) is 0. The Labute approximate surface area is 117 Å². The van der Waals surface area contributed by atoms with Gasteiger partial charge < -0.3 is 5.32 Å². The van der Waals surface area contributed by atoms with Gasteiger partial charge in [-0.3, -0.25) is 4.90 Å². The Morgan fingerprint density at radius 2 is 1.95 bits per heavy atom. The quantitative estimate of drug-likeness (QED) is 0.911. The number of rotatable bonds is 3. The van der Waals surface area contributed by atoms with Crippen molar-refractivity contribution in [2.45, 2.75) is 44.4 Å². The van der Waals surface area contributed by atoms with Gasteiger partial charge in [-0.2, -0.15) is 13.2 Å². The first kappa shape index (κ1) is 13.7. The summed E-state index contributed by atoms with van der Waals surface area (Å²) < 4.78 is 38.3. The van der Waals surface area contributed by atoms with Crippen LogP contribution in [0, 0.1) is 6.92 Å². The fourth-order valence-corrected chi connectivity index (χ4v) is 2.85. The van der Waals surface area contributed by atoms with Crippen molar-refractivity contribution in [3.8, 4) is 0 Å². The Balaban J connectivity index is 1.70. The van der Waals surface area contributed by atoms with Crippen LogP contribution in [0.25, 0.3) is 0 Å². The Kier molecular flexibility index (Phi) is 3.40. The third-order valence-corrected chi connectivity index (χ3v) is 4.21.